The lowest BCUT2D eigenvalue weighted by Crippen LogP contribution is -2.15. The van der Waals surface area contributed by atoms with Crippen molar-refractivity contribution in [2.45, 2.75) is 6.18 Å². The number of nitriles is 1. The average molecular weight is 375 g/mol. The Morgan fingerprint density at radius 3 is 2.63 bits per heavy atom. The first-order valence-electron chi connectivity index (χ1n) is 7.62. The van der Waals surface area contributed by atoms with E-state index in [4.69, 9.17) is 14.7 Å². The molecule has 9 heteroatoms. The Balaban J connectivity index is 1.71. The molecule has 3 rings (SSSR count). The highest BCUT2D eigenvalue weighted by atomic mass is 19.4. The number of alkyl halides is 3. The Labute approximate surface area is 151 Å². The SMILES string of the molecule is N#C/C(=C/Nc1ccc2c(c1)OCO2)C(=O)Nc1cccc(C(F)(F)F)c1. The minimum absolute atomic E-state index is 0.0703. The van der Waals surface area contributed by atoms with Crippen LogP contribution in [0.5, 0.6) is 11.5 Å². The Morgan fingerprint density at radius 1 is 1.11 bits per heavy atom. The Bertz CT molecular complexity index is 949. The second-order valence-corrected chi connectivity index (χ2v) is 5.41. The molecule has 0 aliphatic carbocycles. The van der Waals surface area contributed by atoms with Gasteiger partial charge in [-0.25, -0.2) is 0 Å². The van der Waals surface area contributed by atoms with E-state index in [-0.39, 0.29) is 18.1 Å². The predicted octanol–water partition coefficient (Wildman–Crippen LogP) is 3.89. The molecule has 2 aromatic carbocycles. The van der Waals surface area contributed by atoms with Gasteiger partial charge in [0.2, 0.25) is 6.79 Å². The number of hydrogen-bond donors (Lipinski definition) is 2. The number of fused-ring (bicyclic) bond motifs is 1. The van der Waals surface area contributed by atoms with Crippen LogP contribution in [0.1, 0.15) is 5.56 Å². The highest BCUT2D eigenvalue weighted by molar-refractivity contribution is 6.06. The number of hydrogen-bond acceptors (Lipinski definition) is 5. The third-order valence-corrected chi connectivity index (χ3v) is 3.57. The largest absolute Gasteiger partial charge is 0.454 e. The number of ether oxygens (including phenoxy) is 2. The van der Waals surface area contributed by atoms with Crippen LogP contribution in [0, 0.1) is 11.3 Å². The molecule has 1 aliphatic rings. The number of anilines is 2. The van der Waals surface area contributed by atoms with E-state index in [1.807, 2.05) is 0 Å². The molecule has 0 saturated carbocycles. The van der Waals surface area contributed by atoms with Crippen molar-refractivity contribution < 1.29 is 27.4 Å². The Kier molecular flexibility index (Phi) is 4.90. The molecule has 0 unspecified atom stereocenters. The minimum atomic E-state index is -4.53. The van der Waals surface area contributed by atoms with Crippen LogP contribution in [0.2, 0.25) is 0 Å². The van der Waals surface area contributed by atoms with Gasteiger partial charge in [0, 0.05) is 23.6 Å². The zero-order valence-corrected chi connectivity index (χ0v) is 13.6. The van der Waals surface area contributed by atoms with Crippen molar-refractivity contribution in [3.05, 3.63) is 59.8 Å². The summed E-state index contributed by atoms with van der Waals surface area (Å²) in [6.45, 7) is 0.109. The van der Waals surface area contributed by atoms with Gasteiger partial charge >= 0.3 is 6.18 Å². The lowest BCUT2D eigenvalue weighted by Gasteiger charge is -2.09. The van der Waals surface area contributed by atoms with E-state index in [1.165, 1.54) is 12.1 Å². The summed E-state index contributed by atoms with van der Waals surface area (Å²) in [6, 6.07) is 10.8. The number of benzene rings is 2. The number of nitrogens with zero attached hydrogens (tertiary/aromatic N) is 1. The topological polar surface area (TPSA) is 83.4 Å². The maximum Gasteiger partial charge on any atom is 0.416 e. The molecular weight excluding hydrogens is 363 g/mol. The molecule has 0 atom stereocenters. The molecule has 0 radical (unpaired) electrons. The van der Waals surface area contributed by atoms with Gasteiger partial charge in [0.05, 0.1) is 5.56 Å². The number of carbonyl (C=O) groups is 1. The average Bonchev–Trinajstić information content (AvgIpc) is 3.09. The molecule has 6 nitrogen and oxygen atoms in total. The summed E-state index contributed by atoms with van der Waals surface area (Å²) in [5.74, 6) is 0.248. The van der Waals surface area contributed by atoms with Gasteiger partial charge in [-0.15, -0.1) is 0 Å². The molecule has 2 aromatic rings. The van der Waals surface area contributed by atoms with Crippen molar-refractivity contribution in [3.63, 3.8) is 0 Å². The molecule has 27 heavy (non-hydrogen) atoms. The first-order chi connectivity index (χ1) is 12.9. The number of nitrogens with one attached hydrogen (secondary N) is 2. The van der Waals surface area contributed by atoms with Crippen LogP contribution in [0.25, 0.3) is 0 Å². The van der Waals surface area contributed by atoms with Crippen molar-refractivity contribution in [1.29, 1.82) is 5.26 Å². The van der Waals surface area contributed by atoms with E-state index in [2.05, 4.69) is 10.6 Å². The third-order valence-electron chi connectivity index (χ3n) is 3.57. The molecule has 1 amide bonds. The van der Waals surface area contributed by atoms with Gasteiger partial charge in [0.25, 0.3) is 5.91 Å². The molecule has 0 fully saturated rings. The maximum absolute atomic E-state index is 12.7. The third kappa shape index (κ3) is 4.30. The number of amides is 1. The lowest BCUT2D eigenvalue weighted by molar-refractivity contribution is -0.137. The normalized spacial score (nSPS) is 13.0. The highest BCUT2D eigenvalue weighted by Crippen LogP contribution is 2.34. The van der Waals surface area contributed by atoms with Crippen LogP contribution < -0.4 is 20.1 Å². The van der Waals surface area contributed by atoms with Crippen LogP contribution in [-0.4, -0.2) is 12.7 Å². The van der Waals surface area contributed by atoms with E-state index in [0.29, 0.717) is 17.2 Å². The van der Waals surface area contributed by atoms with Gasteiger partial charge in [0.1, 0.15) is 11.6 Å². The van der Waals surface area contributed by atoms with E-state index in [1.54, 1.807) is 24.3 Å². The first-order valence-corrected chi connectivity index (χ1v) is 7.62. The minimum Gasteiger partial charge on any atom is -0.454 e. The summed E-state index contributed by atoms with van der Waals surface area (Å²) in [7, 11) is 0. The van der Waals surface area contributed by atoms with Crippen molar-refractivity contribution in [2.75, 3.05) is 17.4 Å². The van der Waals surface area contributed by atoms with Crippen LogP contribution >= 0.6 is 0 Å². The molecular formula is C18H12F3N3O3. The van der Waals surface area contributed by atoms with Crippen molar-refractivity contribution >= 4 is 17.3 Å². The Morgan fingerprint density at radius 2 is 1.89 bits per heavy atom. The monoisotopic (exact) mass is 375 g/mol. The molecule has 0 spiro atoms. The molecule has 0 aromatic heterocycles. The summed E-state index contributed by atoms with van der Waals surface area (Å²) in [6.07, 6.45) is -3.38. The number of carbonyl (C=O) groups excluding carboxylic acids is 1. The van der Waals surface area contributed by atoms with Crippen molar-refractivity contribution in [2.24, 2.45) is 0 Å². The molecule has 1 aliphatic heterocycles. The van der Waals surface area contributed by atoms with E-state index < -0.39 is 17.6 Å². The van der Waals surface area contributed by atoms with Gasteiger partial charge in [-0.05, 0) is 30.3 Å². The summed E-state index contributed by atoms with van der Waals surface area (Å²) < 4.78 is 48.6. The second kappa shape index (κ2) is 7.29. The molecule has 2 N–H and O–H groups in total. The maximum atomic E-state index is 12.7. The first kappa shape index (κ1) is 18.1. The summed E-state index contributed by atoms with van der Waals surface area (Å²) in [5, 5.41) is 14.2. The van der Waals surface area contributed by atoms with E-state index >= 15 is 0 Å². The molecule has 0 bridgehead atoms. The fraction of sp³-hybridized carbons (Fsp3) is 0.111. The Hall–Kier alpha value is -3.67. The van der Waals surface area contributed by atoms with E-state index in [9.17, 15) is 18.0 Å². The van der Waals surface area contributed by atoms with Crippen molar-refractivity contribution in [3.8, 4) is 17.6 Å². The standard InChI is InChI=1S/C18H12F3N3O3/c19-18(20,21)12-2-1-3-14(6-12)24-17(25)11(8-22)9-23-13-4-5-15-16(7-13)27-10-26-15/h1-7,9,23H,10H2,(H,24,25)/b11-9-. The summed E-state index contributed by atoms with van der Waals surface area (Å²) >= 11 is 0. The fourth-order valence-electron chi connectivity index (χ4n) is 2.26. The van der Waals surface area contributed by atoms with Crippen LogP contribution in [-0.2, 0) is 11.0 Å². The van der Waals surface area contributed by atoms with Gasteiger partial charge in [0.15, 0.2) is 11.5 Å². The summed E-state index contributed by atoms with van der Waals surface area (Å²) in [4.78, 5) is 12.1. The highest BCUT2D eigenvalue weighted by Gasteiger charge is 2.30. The molecule has 138 valence electrons. The predicted molar refractivity (Wildman–Crippen MR) is 90.0 cm³/mol. The van der Waals surface area contributed by atoms with Gasteiger partial charge in [-0.3, -0.25) is 4.79 Å². The van der Waals surface area contributed by atoms with Crippen LogP contribution in [0.4, 0.5) is 24.5 Å². The van der Waals surface area contributed by atoms with Gasteiger partial charge < -0.3 is 20.1 Å². The zero-order chi connectivity index (χ0) is 19.4. The van der Waals surface area contributed by atoms with Crippen LogP contribution in [0.3, 0.4) is 0 Å². The summed E-state index contributed by atoms with van der Waals surface area (Å²) in [5.41, 5.74) is -0.746. The van der Waals surface area contributed by atoms with Crippen molar-refractivity contribution in [1.82, 2.24) is 0 Å². The zero-order valence-electron chi connectivity index (χ0n) is 13.6. The number of halogens is 3. The number of rotatable bonds is 4. The van der Waals surface area contributed by atoms with Gasteiger partial charge in [-0.2, -0.15) is 18.4 Å². The smallest absolute Gasteiger partial charge is 0.416 e. The lowest BCUT2D eigenvalue weighted by atomic mass is 10.2. The van der Waals surface area contributed by atoms with E-state index in [0.717, 1.165) is 18.3 Å². The van der Waals surface area contributed by atoms with Gasteiger partial charge in [-0.1, -0.05) is 6.07 Å². The van der Waals surface area contributed by atoms with Crippen LogP contribution in [0.15, 0.2) is 54.2 Å². The molecule has 1 heterocycles. The quantitative estimate of drug-likeness (QED) is 0.626. The fourth-order valence-corrected chi connectivity index (χ4v) is 2.26. The second-order valence-electron chi connectivity index (χ2n) is 5.41. The molecule has 0 saturated heterocycles.